The first-order valence-corrected chi connectivity index (χ1v) is 8.97. The summed E-state index contributed by atoms with van der Waals surface area (Å²) in [5.41, 5.74) is 0.840. The van der Waals surface area contributed by atoms with Crippen LogP contribution in [0.4, 0.5) is 5.82 Å². The average Bonchev–Trinajstić information content (AvgIpc) is 3.15. The lowest BCUT2D eigenvalue weighted by Gasteiger charge is -2.23. The maximum Gasteiger partial charge on any atom is 0.342 e. The van der Waals surface area contributed by atoms with Gasteiger partial charge in [0.15, 0.2) is 0 Å². The molecule has 25 heavy (non-hydrogen) atoms. The molecule has 7 heteroatoms. The molecule has 3 heterocycles. The van der Waals surface area contributed by atoms with Gasteiger partial charge in [0, 0.05) is 12.6 Å². The van der Waals surface area contributed by atoms with Crippen LogP contribution < -0.4 is 5.32 Å². The molecule has 0 aromatic carbocycles. The van der Waals surface area contributed by atoms with Gasteiger partial charge in [-0.3, -0.25) is 4.90 Å². The molecule has 3 rings (SSSR count). The van der Waals surface area contributed by atoms with Crippen LogP contribution in [0.2, 0.25) is 0 Å². The summed E-state index contributed by atoms with van der Waals surface area (Å²) in [5.74, 6) is 1.36. The van der Waals surface area contributed by atoms with Crippen molar-refractivity contribution in [2.75, 3.05) is 31.6 Å². The Balaban J connectivity index is 1.94. The van der Waals surface area contributed by atoms with Gasteiger partial charge in [-0.15, -0.1) is 0 Å². The average molecular weight is 346 g/mol. The molecule has 1 N–H and O–H groups in total. The molecule has 1 atom stereocenters. The van der Waals surface area contributed by atoms with E-state index in [1.165, 1.54) is 12.8 Å². The molecular formula is C18H26N4O3. The number of nitrogens with one attached hydrogen (secondary N) is 1. The van der Waals surface area contributed by atoms with Crippen molar-refractivity contribution in [3.05, 3.63) is 17.1 Å². The van der Waals surface area contributed by atoms with Crippen molar-refractivity contribution in [2.24, 2.45) is 0 Å². The van der Waals surface area contributed by atoms with Crippen LogP contribution in [0, 0.1) is 13.8 Å². The number of anilines is 1. The number of rotatable bonds is 6. The largest absolute Gasteiger partial charge is 0.462 e. The van der Waals surface area contributed by atoms with Crippen LogP contribution >= 0.6 is 0 Å². The van der Waals surface area contributed by atoms with Crippen LogP contribution in [0.3, 0.4) is 0 Å². The number of ether oxygens (including phenoxy) is 1. The van der Waals surface area contributed by atoms with Gasteiger partial charge < -0.3 is 14.5 Å². The molecule has 0 amide bonds. The van der Waals surface area contributed by atoms with E-state index in [9.17, 15) is 4.79 Å². The Bertz CT molecular complexity index is 771. The quantitative estimate of drug-likeness (QED) is 0.805. The topological polar surface area (TPSA) is 80.5 Å². The highest BCUT2D eigenvalue weighted by Crippen LogP contribution is 2.30. The number of nitrogens with zero attached hydrogens (tertiary/aromatic N) is 3. The van der Waals surface area contributed by atoms with Crippen LogP contribution in [0.1, 0.15) is 48.6 Å². The summed E-state index contributed by atoms with van der Waals surface area (Å²) in [4.78, 5) is 23.7. The number of carbonyl (C=O) groups excluding carboxylic acids is 1. The van der Waals surface area contributed by atoms with E-state index >= 15 is 0 Å². The zero-order valence-electron chi connectivity index (χ0n) is 15.4. The van der Waals surface area contributed by atoms with Crippen molar-refractivity contribution >= 4 is 22.9 Å². The maximum atomic E-state index is 12.4. The fourth-order valence-corrected chi connectivity index (χ4v) is 3.55. The molecule has 0 unspecified atom stereocenters. The molecule has 2 aromatic rings. The molecule has 136 valence electrons. The number of hydrogen-bond donors (Lipinski definition) is 1. The van der Waals surface area contributed by atoms with Gasteiger partial charge in [0.2, 0.25) is 5.71 Å². The number of aromatic nitrogens is 2. The smallest absolute Gasteiger partial charge is 0.342 e. The Morgan fingerprint density at radius 1 is 1.36 bits per heavy atom. The van der Waals surface area contributed by atoms with E-state index in [0.29, 0.717) is 46.7 Å². The third-order valence-corrected chi connectivity index (χ3v) is 4.73. The van der Waals surface area contributed by atoms with Crippen molar-refractivity contribution in [1.82, 2.24) is 14.9 Å². The highest BCUT2D eigenvalue weighted by atomic mass is 16.5. The van der Waals surface area contributed by atoms with E-state index in [1.54, 1.807) is 13.8 Å². The zero-order valence-corrected chi connectivity index (χ0v) is 15.4. The Kier molecular flexibility index (Phi) is 5.22. The Hall–Kier alpha value is -2.15. The molecule has 0 bridgehead atoms. The van der Waals surface area contributed by atoms with E-state index in [1.807, 2.05) is 6.92 Å². The SMILES string of the molecule is CCOC(=O)c1c(C)oc2nc(C)nc(NC[C@H]3CCCN3CC)c12. The van der Waals surface area contributed by atoms with E-state index in [4.69, 9.17) is 9.15 Å². The lowest BCUT2D eigenvalue weighted by atomic mass is 10.1. The first-order chi connectivity index (χ1) is 12.0. The third-order valence-electron chi connectivity index (χ3n) is 4.73. The summed E-state index contributed by atoms with van der Waals surface area (Å²) < 4.78 is 10.9. The Morgan fingerprint density at radius 3 is 2.88 bits per heavy atom. The number of hydrogen-bond acceptors (Lipinski definition) is 7. The molecule has 0 spiro atoms. The van der Waals surface area contributed by atoms with Gasteiger partial charge >= 0.3 is 5.97 Å². The predicted molar refractivity (Wildman–Crippen MR) is 96.0 cm³/mol. The number of likely N-dealkylation sites (tertiary alicyclic amines) is 1. The Morgan fingerprint density at radius 2 is 2.16 bits per heavy atom. The molecule has 1 aliphatic rings. The summed E-state index contributed by atoms with van der Waals surface area (Å²) >= 11 is 0. The number of carbonyl (C=O) groups is 1. The number of esters is 1. The van der Waals surface area contributed by atoms with Gasteiger partial charge in [-0.2, -0.15) is 4.98 Å². The maximum absolute atomic E-state index is 12.4. The number of fused-ring (bicyclic) bond motifs is 1. The Labute approximate surface area is 147 Å². The van der Waals surface area contributed by atoms with E-state index in [-0.39, 0.29) is 0 Å². The molecule has 0 radical (unpaired) electrons. The minimum atomic E-state index is -0.398. The summed E-state index contributed by atoms with van der Waals surface area (Å²) in [6.07, 6.45) is 2.39. The fourth-order valence-electron chi connectivity index (χ4n) is 3.55. The fraction of sp³-hybridized carbons (Fsp3) is 0.611. The minimum Gasteiger partial charge on any atom is -0.462 e. The first-order valence-electron chi connectivity index (χ1n) is 8.97. The van der Waals surface area contributed by atoms with Crippen molar-refractivity contribution in [3.63, 3.8) is 0 Å². The second-order valence-electron chi connectivity index (χ2n) is 6.36. The highest BCUT2D eigenvalue weighted by Gasteiger charge is 2.26. The molecule has 2 aromatic heterocycles. The van der Waals surface area contributed by atoms with Crippen molar-refractivity contribution in [1.29, 1.82) is 0 Å². The second-order valence-corrected chi connectivity index (χ2v) is 6.36. The van der Waals surface area contributed by atoms with Crippen molar-refractivity contribution < 1.29 is 13.9 Å². The summed E-state index contributed by atoms with van der Waals surface area (Å²) in [6, 6.07) is 0.481. The molecule has 0 aliphatic carbocycles. The van der Waals surface area contributed by atoms with E-state index in [0.717, 1.165) is 19.6 Å². The summed E-state index contributed by atoms with van der Waals surface area (Å²) in [7, 11) is 0. The van der Waals surface area contributed by atoms with Gasteiger partial charge in [-0.05, 0) is 46.7 Å². The summed E-state index contributed by atoms with van der Waals surface area (Å²) in [6.45, 7) is 10.8. The van der Waals surface area contributed by atoms with Crippen LogP contribution in [0.15, 0.2) is 4.42 Å². The van der Waals surface area contributed by atoms with E-state index < -0.39 is 5.97 Å². The van der Waals surface area contributed by atoms with Gasteiger partial charge in [-0.25, -0.2) is 9.78 Å². The third kappa shape index (κ3) is 3.46. The van der Waals surface area contributed by atoms with Crippen molar-refractivity contribution in [3.8, 4) is 0 Å². The monoisotopic (exact) mass is 346 g/mol. The number of likely N-dealkylation sites (N-methyl/N-ethyl adjacent to an activating group) is 1. The predicted octanol–water partition coefficient (Wildman–Crippen LogP) is 2.91. The van der Waals surface area contributed by atoms with E-state index in [2.05, 4.69) is 27.1 Å². The molecule has 1 aliphatic heterocycles. The van der Waals surface area contributed by atoms with Gasteiger partial charge in [0.05, 0.1) is 12.0 Å². The lowest BCUT2D eigenvalue weighted by molar-refractivity contribution is 0.0526. The molecule has 7 nitrogen and oxygen atoms in total. The molecule has 1 saturated heterocycles. The van der Waals surface area contributed by atoms with Crippen molar-refractivity contribution in [2.45, 2.75) is 46.6 Å². The van der Waals surface area contributed by atoms with Crippen LogP contribution in [-0.2, 0) is 4.74 Å². The minimum absolute atomic E-state index is 0.313. The normalized spacial score (nSPS) is 18.0. The lowest BCUT2D eigenvalue weighted by Crippen LogP contribution is -2.34. The molecule has 1 fully saturated rings. The second kappa shape index (κ2) is 7.39. The van der Waals surface area contributed by atoms with Gasteiger partial charge in [0.25, 0.3) is 0 Å². The number of aryl methyl sites for hydroxylation is 2. The van der Waals surface area contributed by atoms with Crippen LogP contribution in [-0.4, -0.2) is 53.1 Å². The van der Waals surface area contributed by atoms with Crippen LogP contribution in [0.5, 0.6) is 0 Å². The first kappa shape index (κ1) is 17.7. The number of furan rings is 1. The summed E-state index contributed by atoms with van der Waals surface area (Å²) in [5, 5.41) is 4.04. The highest BCUT2D eigenvalue weighted by molar-refractivity contribution is 6.07. The van der Waals surface area contributed by atoms with Crippen LogP contribution in [0.25, 0.3) is 11.1 Å². The zero-order chi connectivity index (χ0) is 18.0. The molecular weight excluding hydrogens is 320 g/mol. The van der Waals surface area contributed by atoms with Gasteiger partial charge in [0.1, 0.15) is 23.0 Å². The standard InChI is InChI=1S/C18H26N4O3/c1-5-22-9-7-8-13(22)10-19-16-15-14(18(23)24-6-2)11(3)25-17(15)21-12(4)20-16/h13H,5-10H2,1-4H3,(H,19,20,21)/t13-/m1/s1. The van der Waals surface area contributed by atoms with Gasteiger partial charge in [-0.1, -0.05) is 6.92 Å². The molecule has 0 saturated carbocycles.